The molecule has 0 unspecified atom stereocenters. The summed E-state index contributed by atoms with van der Waals surface area (Å²) < 4.78 is 38.3. The van der Waals surface area contributed by atoms with Crippen molar-refractivity contribution in [1.82, 2.24) is 5.16 Å². The lowest BCUT2D eigenvalue weighted by Gasteiger charge is -2.09. The Labute approximate surface area is 161 Å². The first-order valence-corrected chi connectivity index (χ1v) is 10.4. The molecule has 0 atom stereocenters. The molecule has 0 bridgehead atoms. The van der Waals surface area contributed by atoms with Gasteiger partial charge >= 0.3 is 5.97 Å². The standard InChI is InChI=1S/C18H18N2O5S2/c1-4-24-18(21)13-6-5-7-14(9-13)20-27(22,23)17-10-16(26-12(17)3)15-8-11(2)19-25-15/h5-10,20H,4H2,1-3H3. The zero-order chi connectivity index (χ0) is 19.6. The number of nitrogens with one attached hydrogen (secondary N) is 1. The number of esters is 1. The number of carbonyl (C=O) groups is 1. The van der Waals surface area contributed by atoms with Gasteiger partial charge in [-0.1, -0.05) is 11.2 Å². The van der Waals surface area contributed by atoms with E-state index in [4.69, 9.17) is 9.26 Å². The molecular weight excluding hydrogens is 388 g/mol. The van der Waals surface area contributed by atoms with Crippen LogP contribution in [0.1, 0.15) is 27.9 Å². The van der Waals surface area contributed by atoms with Gasteiger partial charge < -0.3 is 9.26 Å². The third kappa shape index (κ3) is 4.20. The molecule has 0 amide bonds. The van der Waals surface area contributed by atoms with Crippen molar-refractivity contribution in [2.24, 2.45) is 0 Å². The number of sulfonamides is 1. The van der Waals surface area contributed by atoms with Gasteiger partial charge in [-0.15, -0.1) is 11.3 Å². The minimum absolute atomic E-state index is 0.151. The van der Waals surface area contributed by atoms with Gasteiger partial charge in [0.15, 0.2) is 5.76 Å². The van der Waals surface area contributed by atoms with Crippen LogP contribution >= 0.6 is 11.3 Å². The highest BCUT2D eigenvalue weighted by atomic mass is 32.2. The molecule has 0 aliphatic carbocycles. The highest BCUT2D eigenvalue weighted by Crippen LogP contribution is 2.34. The van der Waals surface area contributed by atoms with Crippen LogP contribution in [-0.4, -0.2) is 26.2 Å². The summed E-state index contributed by atoms with van der Waals surface area (Å²) in [6.45, 7) is 5.47. The molecule has 2 heterocycles. The fraction of sp³-hybridized carbons (Fsp3) is 0.222. The van der Waals surface area contributed by atoms with Crippen molar-refractivity contribution >= 4 is 33.0 Å². The molecule has 0 saturated carbocycles. The Morgan fingerprint density at radius 3 is 2.70 bits per heavy atom. The number of anilines is 1. The summed E-state index contributed by atoms with van der Waals surface area (Å²) in [7, 11) is -3.83. The van der Waals surface area contributed by atoms with Crippen LogP contribution in [0.25, 0.3) is 10.6 Å². The Bertz CT molecular complexity index is 1080. The quantitative estimate of drug-likeness (QED) is 0.621. The first kappa shape index (κ1) is 19.1. The SMILES string of the molecule is CCOC(=O)c1cccc(NS(=O)(=O)c2cc(-c3cc(C)no3)sc2C)c1. The molecule has 0 spiro atoms. The summed E-state index contributed by atoms with van der Waals surface area (Å²) in [6.07, 6.45) is 0. The number of thiophene rings is 1. The zero-order valence-electron chi connectivity index (χ0n) is 15.0. The van der Waals surface area contributed by atoms with Crippen LogP contribution in [0.3, 0.4) is 0 Å². The number of aromatic nitrogens is 1. The molecule has 0 aliphatic heterocycles. The highest BCUT2D eigenvalue weighted by molar-refractivity contribution is 7.93. The van der Waals surface area contributed by atoms with E-state index in [1.165, 1.54) is 17.4 Å². The molecule has 3 aromatic rings. The molecule has 0 fully saturated rings. The average Bonchev–Trinajstić information content (AvgIpc) is 3.21. The predicted molar refractivity (Wildman–Crippen MR) is 102 cm³/mol. The van der Waals surface area contributed by atoms with Crippen molar-refractivity contribution in [1.29, 1.82) is 0 Å². The van der Waals surface area contributed by atoms with Crippen LogP contribution in [0.2, 0.25) is 0 Å². The van der Waals surface area contributed by atoms with Crippen molar-refractivity contribution in [2.75, 3.05) is 11.3 Å². The molecule has 142 valence electrons. The summed E-state index contributed by atoms with van der Waals surface area (Å²) in [5.74, 6) is 0.0135. The van der Waals surface area contributed by atoms with Crippen molar-refractivity contribution in [3.05, 3.63) is 52.5 Å². The Balaban J connectivity index is 1.88. The Kier molecular flexibility index (Phi) is 5.33. The monoisotopic (exact) mass is 406 g/mol. The first-order chi connectivity index (χ1) is 12.8. The van der Waals surface area contributed by atoms with Gasteiger partial charge in [-0.2, -0.15) is 0 Å². The highest BCUT2D eigenvalue weighted by Gasteiger charge is 2.22. The summed E-state index contributed by atoms with van der Waals surface area (Å²) in [5, 5.41) is 3.83. The lowest BCUT2D eigenvalue weighted by atomic mass is 10.2. The number of carbonyl (C=O) groups excluding carboxylic acids is 1. The minimum Gasteiger partial charge on any atom is -0.462 e. The molecule has 2 aromatic heterocycles. The summed E-state index contributed by atoms with van der Waals surface area (Å²) >= 11 is 1.31. The molecule has 7 nitrogen and oxygen atoms in total. The van der Waals surface area contributed by atoms with Crippen LogP contribution in [0.4, 0.5) is 5.69 Å². The molecule has 0 aliphatic rings. The van der Waals surface area contributed by atoms with Gasteiger partial charge in [0.05, 0.1) is 22.7 Å². The Morgan fingerprint density at radius 1 is 1.26 bits per heavy atom. The maximum absolute atomic E-state index is 12.8. The topological polar surface area (TPSA) is 98.5 Å². The number of nitrogens with zero attached hydrogens (tertiary/aromatic N) is 1. The van der Waals surface area contributed by atoms with Crippen LogP contribution in [0.15, 0.2) is 45.8 Å². The Morgan fingerprint density at radius 2 is 2.04 bits per heavy atom. The van der Waals surface area contributed by atoms with E-state index >= 15 is 0 Å². The van der Waals surface area contributed by atoms with E-state index in [1.807, 2.05) is 0 Å². The van der Waals surface area contributed by atoms with E-state index in [-0.39, 0.29) is 22.8 Å². The second-order valence-corrected chi connectivity index (χ2v) is 8.68. The molecule has 9 heteroatoms. The van der Waals surface area contributed by atoms with Gasteiger partial charge in [0, 0.05) is 16.6 Å². The van der Waals surface area contributed by atoms with Crippen molar-refractivity contribution in [3.63, 3.8) is 0 Å². The van der Waals surface area contributed by atoms with Crippen LogP contribution in [-0.2, 0) is 14.8 Å². The van der Waals surface area contributed by atoms with Crippen LogP contribution in [0, 0.1) is 13.8 Å². The van der Waals surface area contributed by atoms with Gasteiger partial charge in [-0.3, -0.25) is 4.72 Å². The lowest BCUT2D eigenvalue weighted by molar-refractivity contribution is 0.0526. The summed E-state index contributed by atoms with van der Waals surface area (Å²) in [4.78, 5) is 13.3. The number of aryl methyl sites for hydroxylation is 2. The van der Waals surface area contributed by atoms with Gasteiger partial charge in [-0.25, -0.2) is 13.2 Å². The lowest BCUT2D eigenvalue weighted by Crippen LogP contribution is -2.14. The molecule has 27 heavy (non-hydrogen) atoms. The second kappa shape index (κ2) is 7.53. The Hall–Kier alpha value is -2.65. The second-order valence-electron chi connectivity index (χ2n) is 5.77. The number of rotatable bonds is 6. The average molecular weight is 406 g/mol. The van der Waals surface area contributed by atoms with Gasteiger partial charge in [0.2, 0.25) is 0 Å². The number of ether oxygens (including phenoxy) is 1. The zero-order valence-corrected chi connectivity index (χ0v) is 16.6. The smallest absolute Gasteiger partial charge is 0.338 e. The fourth-order valence-corrected chi connectivity index (χ4v) is 5.06. The van der Waals surface area contributed by atoms with E-state index in [0.29, 0.717) is 15.5 Å². The molecule has 0 saturated heterocycles. The van der Waals surface area contributed by atoms with Gasteiger partial charge in [0.25, 0.3) is 10.0 Å². The maximum Gasteiger partial charge on any atom is 0.338 e. The number of benzene rings is 1. The van der Waals surface area contributed by atoms with Crippen molar-refractivity contribution in [3.8, 4) is 10.6 Å². The third-order valence-electron chi connectivity index (χ3n) is 3.66. The molecule has 3 rings (SSSR count). The molecule has 1 aromatic carbocycles. The van der Waals surface area contributed by atoms with Crippen molar-refractivity contribution < 1.29 is 22.5 Å². The number of hydrogen-bond donors (Lipinski definition) is 1. The van der Waals surface area contributed by atoms with Crippen LogP contribution < -0.4 is 4.72 Å². The maximum atomic E-state index is 12.8. The van der Waals surface area contributed by atoms with E-state index < -0.39 is 16.0 Å². The molecular formula is C18H18N2O5S2. The normalized spacial score (nSPS) is 11.4. The van der Waals surface area contributed by atoms with E-state index in [0.717, 1.165) is 5.69 Å². The van der Waals surface area contributed by atoms with Crippen molar-refractivity contribution in [2.45, 2.75) is 25.7 Å². The largest absolute Gasteiger partial charge is 0.462 e. The molecule has 0 radical (unpaired) electrons. The van der Waals surface area contributed by atoms with Gasteiger partial charge in [0.1, 0.15) is 4.90 Å². The number of hydrogen-bond acceptors (Lipinski definition) is 7. The minimum atomic E-state index is -3.83. The van der Waals surface area contributed by atoms with E-state index in [1.54, 1.807) is 51.1 Å². The van der Waals surface area contributed by atoms with Gasteiger partial charge in [-0.05, 0) is 45.0 Å². The third-order valence-corrected chi connectivity index (χ3v) is 6.36. The summed E-state index contributed by atoms with van der Waals surface area (Å²) in [5.41, 5.74) is 1.27. The van der Waals surface area contributed by atoms with E-state index in [9.17, 15) is 13.2 Å². The first-order valence-electron chi connectivity index (χ1n) is 8.14. The van der Waals surface area contributed by atoms with E-state index in [2.05, 4.69) is 9.88 Å². The summed E-state index contributed by atoms with van der Waals surface area (Å²) in [6, 6.07) is 9.47. The predicted octanol–water partition coefficient (Wildman–Crippen LogP) is 4.00. The molecule has 1 N–H and O–H groups in total. The fourth-order valence-electron chi connectivity index (χ4n) is 2.47. The van der Waals surface area contributed by atoms with Crippen LogP contribution in [0.5, 0.6) is 0 Å².